The predicted octanol–water partition coefficient (Wildman–Crippen LogP) is 0.919. The SMILES string of the molecule is N#CC[C@@H](N)c1cc(O)c(O)c([N+](=O)[O-])c1. The second-order valence-corrected chi connectivity index (χ2v) is 3.13. The molecule has 0 bridgehead atoms. The Morgan fingerprint density at radius 1 is 1.56 bits per heavy atom. The highest BCUT2D eigenvalue weighted by Gasteiger charge is 2.20. The van der Waals surface area contributed by atoms with Crippen molar-refractivity contribution in [1.82, 2.24) is 0 Å². The largest absolute Gasteiger partial charge is 0.504 e. The Bertz CT molecular complexity index is 467. The summed E-state index contributed by atoms with van der Waals surface area (Å²) in [5.74, 6) is -1.43. The Balaban J connectivity index is 3.25. The van der Waals surface area contributed by atoms with Gasteiger partial charge in [0.1, 0.15) is 0 Å². The van der Waals surface area contributed by atoms with Crippen LogP contribution in [-0.4, -0.2) is 15.1 Å². The van der Waals surface area contributed by atoms with Crippen LogP contribution in [0.25, 0.3) is 0 Å². The molecule has 0 aromatic heterocycles. The summed E-state index contributed by atoms with van der Waals surface area (Å²) in [5, 5.41) is 37.4. The third-order valence-corrected chi connectivity index (χ3v) is 2.03. The summed E-state index contributed by atoms with van der Waals surface area (Å²) >= 11 is 0. The van der Waals surface area contributed by atoms with E-state index >= 15 is 0 Å². The average molecular weight is 223 g/mol. The van der Waals surface area contributed by atoms with E-state index in [9.17, 15) is 20.3 Å². The summed E-state index contributed by atoms with van der Waals surface area (Å²) in [6.45, 7) is 0. The molecular weight excluding hydrogens is 214 g/mol. The molecule has 0 saturated carbocycles. The van der Waals surface area contributed by atoms with Crippen LogP contribution in [0.5, 0.6) is 11.5 Å². The number of phenols is 2. The lowest BCUT2D eigenvalue weighted by atomic mass is 10.0. The first-order valence-corrected chi connectivity index (χ1v) is 4.30. The van der Waals surface area contributed by atoms with Crippen LogP contribution in [0.1, 0.15) is 18.0 Å². The van der Waals surface area contributed by atoms with Crippen molar-refractivity contribution < 1.29 is 15.1 Å². The maximum atomic E-state index is 10.5. The van der Waals surface area contributed by atoms with Gasteiger partial charge in [-0.3, -0.25) is 10.1 Å². The van der Waals surface area contributed by atoms with Gasteiger partial charge in [0.15, 0.2) is 5.75 Å². The number of nitro benzene ring substituents is 1. The molecule has 0 aliphatic carbocycles. The van der Waals surface area contributed by atoms with Crippen molar-refractivity contribution in [2.75, 3.05) is 0 Å². The molecule has 0 fully saturated rings. The van der Waals surface area contributed by atoms with E-state index < -0.39 is 28.2 Å². The van der Waals surface area contributed by atoms with Gasteiger partial charge in [-0.25, -0.2) is 0 Å². The van der Waals surface area contributed by atoms with Gasteiger partial charge in [0.25, 0.3) is 0 Å². The molecule has 0 radical (unpaired) electrons. The molecule has 0 aliphatic heterocycles. The summed E-state index contributed by atoms with van der Waals surface area (Å²) in [5.41, 5.74) is 5.15. The van der Waals surface area contributed by atoms with Crippen molar-refractivity contribution in [3.8, 4) is 17.6 Å². The van der Waals surface area contributed by atoms with Gasteiger partial charge >= 0.3 is 5.69 Å². The highest BCUT2D eigenvalue weighted by molar-refractivity contribution is 5.57. The van der Waals surface area contributed by atoms with Crippen LogP contribution in [-0.2, 0) is 0 Å². The van der Waals surface area contributed by atoms with Gasteiger partial charge in [0, 0.05) is 12.1 Å². The topological polar surface area (TPSA) is 133 Å². The van der Waals surface area contributed by atoms with Gasteiger partial charge < -0.3 is 15.9 Å². The van der Waals surface area contributed by atoms with Crippen LogP contribution in [0.2, 0.25) is 0 Å². The number of nitro groups is 1. The maximum absolute atomic E-state index is 10.5. The first kappa shape index (κ1) is 11.7. The molecule has 7 nitrogen and oxygen atoms in total. The van der Waals surface area contributed by atoms with E-state index in [0.717, 1.165) is 12.1 Å². The van der Waals surface area contributed by atoms with E-state index in [0.29, 0.717) is 0 Å². The fourth-order valence-corrected chi connectivity index (χ4v) is 1.19. The molecule has 1 aromatic rings. The second kappa shape index (κ2) is 4.46. The quantitative estimate of drug-likeness (QED) is 0.396. The Kier molecular flexibility index (Phi) is 3.27. The first-order valence-electron chi connectivity index (χ1n) is 4.30. The van der Waals surface area contributed by atoms with Crippen molar-refractivity contribution >= 4 is 5.69 Å². The van der Waals surface area contributed by atoms with E-state index in [2.05, 4.69) is 0 Å². The number of hydrogen-bond acceptors (Lipinski definition) is 6. The Morgan fingerprint density at radius 2 is 2.19 bits per heavy atom. The third-order valence-electron chi connectivity index (χ3n) is 2.03. The zero-order chi connectivity index (χ0) is 12.3. The minimum Gasteiger partial charge on any atom is -0.504 e. The normalized spacial score (nSPS) is 11.8. The number of benzene rings is 1. The molecule has 0 spiro atoms. The zero-order valence-electron chi connectivity index (χ0n) is 8.12. The zero-order valence-corrected chi connectivity index (χ0v) is 8.12. The highest BCUT2D eigenvalue weighted by Crippen LogP contribution is 2.37. The highest BCUT2D eigenvalue weighted by atomic mass is 16.6. The first-order chi connectivity index (χ1) is 7.47. The van der Waals surface area contributed by atoms with Crippen LogP contribution in [0.15, 0.2) is 12.1 Å². The Hall–Kier alpha value is -2.33. The molecule has 1 atom stereocenters. The molecule has 0 aliphatic rings. The minimum atomic E-state index is -0.836. The van der Waals surface area contributed by atoms with E-state index in [4.69, 9.17) is 11.0 Å². The molecule has 0 saturated heterocycles. The molecule has 84 valence electrons. The van der Waals surface area contributed by atoms with Crippen LogP contribution in [0, 0.1) is 21.4 Å². The van der Waals surface area contributed by atoms with Crippen molar-refractivity contribution in [2.45, 2.75) is 12.5 Å². The van der Waals surface area contributed by atoms with Crippen LogP contribution >= 0.6 is 0 Å². The number of nitrogens with two attached hydrogens (primary N) is 1. The smallest absolute Gasteiger partial charge is 0.314 e. The van der Waals surface area contributed by atoms with Crippen LogP contribution < -0.4 is 5.73 Å². The second-order valence-electron chi connectivity index (χ2n) is 3.13. The van der Waals surface area contributed by atoms with E-state index in [1.807, 2.05) is 6.07 Å². The Morgan fingerprint density at radius 3 is 2.69 bits per heavy atom. The molecule has 16 heavy (non-hydrogen) atoms. The van der Waals surface area contributed by atoms with Crippen molar-refractivity contribution in [3.63, 3.8) is 0 Å². The lowest BCUT2D eigenvalue weighted by molar-refractivity contribution is -0.386. The van der Waals surface area contributed by atoms with Gasteiger partial charge in [0.05, 0.1) is 17.4 Å². The number of phenolic OH excluding ortho intramolecular Hbond substituents is 2. The van der Waals surface area contributed by atoms with Crippen molar-refractivity contribution in [1.29, 1.82) is 5.26 Å². The summed E-state index contributed by atoms with van der Waals surface area (Å²) < 4.78 is 0. The summed E-state index contributed by atoms with van der Waals surface area (Å²) in [4.78, 5) is 9.70. The number of nitrogens with zero attached hydrogens (tertiary/aromatic N) is 2. The molecule has 7 heteroatoms. The van der Waals surface area contributed by atoms with Gasteiger partial charge in [-0.1, -0.05) is 0 Å². The number of nitriles is 1. The summed E-state index contributed by atoms with van der Waals surface area (Å²) in [6.07, 6.45) is -0.0403. The molecule has 0 unspecified atom stereocenters. The van der Waals surface area contributed by atoms with Crippen LogP contribution in [0.3, 0.4) is 0 Å². The third kappa shape index (κ3) is 2.18. The lowest BCUT2D eigenvalue weighted by Gasteiger charge is -2.09. The number of hydrogen-bond donors (Lipinski definition) is 3. The van der Waals surface area contributed by atoms with E-state index in [1.54, 1.807) is 0 Å². The lowest BCUT2D eigenvalue weighted by Crippen LogP contribution is -2.09. The summed E-state index contributed by atoms with van der Waals surface area (Å²) in [6, 6.07) is 3.21. The van der Waals surface area contributed by atoms with Crippen molar-refractivity contribution in [2.24, 2.45) is 5.73 Å². The molecule has 4 N–H and O–H groups in total. The fourth-order valence-electron chi connectivity index (χ4n) is 1.19. The average Bonchev–Trinajstić information content (AvgIpc) is 2.21. The summed E-state index contributed by atoms with van der Waals surface area (Å²) in [7, 11) is 0. The Labute approximate surface area is 90.5 Å². The fraction of sp³-hybridized carbons (Fsp3) is 0.222. The molecule has 0 amide bonds. The number of rotatable bonds is 3. The molecular formula is C9H9N3O4. The molecule has 1 aromatic carbocycles. The van der Waals surface area contributed by atoms with Gasteiger partial charge in [0.2, 0.25) is 5.75 Å². The van der Waals surface area contributed by atoms with Gasteiger partial charge in [-0.2, -0.15) is 5.26 Å². The van der Waals surface area contributed by atoms with Gasteiger partial charge in [-0.15, -0.1) is 0 Å². The van der Waals surface area contributed by atoms with E-state index in [1.165, 1.54) is 0 Å². The number of aromatic hydroxyl groups is 2. The van der Waals surface area contributed by atoms with Crippen LogP contribution in [0.4, 0.5) is 5.69 Å². The predicted molar refractivity (Wildman–Crippen MR) is 53.6 cm³/mol. The monoisotopic (exact) mass is 223 g/mol. The standard InChI is InChI=1S/C9H9N3O4/c10-2-1-6(11)5-3-7(12(15)16)9(14)8(13)4-5/h3-4,6,13-14H,1,11H2/t6-/m1/s1. The van der Waals surface area contributed by atoms with E-state index in [-0.39, 0.29) is 12.0 Å². The maximum Gasteiger partial charge on any atom is 0.314 e. The van der Waals surface area contributed by atoms with Gasteiger partial charge in [-0.05, 0) is 11.6 Å². The van der Waals surface area contributed by atoms with Crippen molar-refractivity contribution in [3.05, 3.63) is 27.8 Å². The minimum absolute atomic E-state index is 0.0403. The molecule has 1 rings (SSSR count). The molecule has 0 heterocycles.